The van der Waals surface area contributed by atoms with Gasteiger partial charge in [0, 0.05) is 10.7 Å². The third-order valence-corrected chi connectivity index (χ3v) is 4.76. The van der Waals surface area contributed by atoms with Gasteiger partial charge in [-0.1, -0.05) is 29.3 Å². The Morgan fingerprint density at radius 1 is 1.03 bits per heavy atom. The predicted molar refractivity (Wildman–Crippen MR) is 112 cm³/mol. The molecule has 0 radical (unpaired) electrons. The number of ether oxygens (including phenoxy) is 1. The smallest absolute Gasteiger partial charge is 0.338 e. The van der Waals surface area contributed by atoms with Crippen LogP contribution in [0.25, 0.3) is 0 Å². The van der Waals surface area contributed by atoms with Gasteiger partial charge in [0.15, 0.2) is 0 Å². The van der Waals surface area contributed by atoms with Crippen molar-refractivity contribution in [3.63, 3.8) is 0 Å². The van der Waals surface area contributed by atoms with E-state index >= 15 is 0 Å². The minimum absolute atomic E-state index is 0.0476. The largest absolute Gasteiger partial charge is 0.459 e. The van der Waals surface area contributed by atoms with E-state index in [1.807, 2.05) is 0 Å². The van der Waals surface area contributed by atoms with Gasteiger partial charge in [0.2, 0.25) is 0 Å². The molecule has 0 atom stereocenters. The Labute approximate surface area is 178 Å². The molecule has 2 aromatic rings. The number of hydrogen-bond donors (Lipinski definition) is 1. The fraction of sp³-hybridized carbons (Fsp3) is 0.190. The van der Waals surface area contributed by atoms with Crippen LogP contribution in [0.4, 0.5) is 11.4 Å². The molecule has 1 aliphatic rings. The molecule has 0 spiro atoms. The number of rotatable bonds is 5. The number of amides is 2. The number of benzene rings is 2. The molecule has 2 aromatic carbocycles. The maximum atomic E-state index is 12.9. The van der Waals surface area contributed by atoms with Crippen LogP contribution in [0.5, 0.6) is 0 Å². The predicted octanol–water partition coefficient (Wildman–Crippen LogP) is 4.65. The highest BCUT2D eigenvalue weighted by Gasteiger charge is 2.39. The minimum Gasteiger partial charge on any atom is -0.459 e. The molecule has 8 heteroatoms. The third kappa shape index (κ3) is 4.28. The number of nitrogens with zero attached hydrogens (tertiary/aromatic N) is 1. The number of esters is 1. The summed E-state index contributed by atoms with van der Waals surface area (Å²) in [6.07, 6.45) is -0.229. The summed E-state index contributed by atoms with van der Waals surface area (Å²) < 4.78 is 5.14. The zero-order valence-corrected chi connectivity index (χ0v) is 17.5. The molecule has 1 heterocycles. The number of imide groups is 1. The van der Waals surface area contributed by atoms with Crippen molar-refractivity contribution in [1.82, 2.24) is 0 Å². The molecule has 6 nitrogen and oxygen atoms in total. The standard InChI is InChI=1S/C21H18Cl2N2O4/c1-11(2)29-21(28)13-5-8-15(9-6-13)24-18-17(23)19(26)25(20(18)27)16-10-14(22)7-4-12(16)3/h4-11,24H,1-3H3. The minimum atomic E-state index is -0.637. The maximum Gasteiger partial charge on any atom is 0.338 e. The SMILES string of the molecule is Cc1ccc(Cl)cc1N1C(=O)C(Cl)=C(Nc2ccc(C(=O)OC(C)C)cc2)C1=O. The van der Waals surface area contributed by atoms with Crippen LogP contribution in [-0.4, -0.2) is 23.9 Å². The second kappa shape index (κ2) is 8.27. The molecule has 0 aliphatic carbocycles. The summed E-state index contributed by atoms with van der Waals surface area (Å²) in [6.45, 7) is 5.29. The Balaban J connectivity index is 1.83. The van der Waals surface area contributed by atoms with Crippen LogP contribution in [0, 0.1) is 6.92 Å². The fourth-order valence-corrected chi connectivity index (χ4v) is 3.15. The van der Waals surface area contributed by atoms with E-state index in [1.165, 1.54) is 6.07 Å². The van der Waals surface area contributed by atoms with Crippen LogP contribution in [0.1, 0.15) is 29.8 Å². The Hall–Kier alpha value is -2.83. The average Bonchev–Trinajstić information content (AvgIpc) is 2.87. The number of carbonyl (C=O) groups excluding carboxylic acids is 3. The lowest BCUT2D eigenvalue weighted by atomic mass is 10.2. The van der Waals surface area contributed by atoms with Gasteiger partial charge in [-0.2, -0.15) is 0 Å². The number of aryl methyl sites for hydroxylation is 1. The zero-order valence-electron chi connectivity index (χ0n) is 16.0. The first-order chi connectivity index (χ1) is 13.7. The van der Waals surface area contributed by atoms with Crippen molar-refractivity contribution >= 4 is 52.4 Å². The summed E-state index contributed by atoms with van der Waals surface area (Å²) in [5.74, 6) is -1.67. The van der Waals surface area contributed by atoms with Gasteiger partial charge in [-0.05, 0) is 62.7 Å². The highest BCUT2D eigenvalue weighted by molar-refractivity contribution is 6.53. The van der Waals surface area contributed by atoms with Crippen LogP contribution in [-0.2, 0) is 14.3 Å². The molecule has 0 fully saturated rings. The molecule has 1 aliphatic heterocycles. The van der Waals surface area contributed by atoms with Crippen LogP contribution in [0.2, 0.25) is 5.02 Å². The first kappa shape index (κ1) is 20.9. The second-order valence-corrected chi connectivity index (χ2v) is 7.54. The van der Waals surface area contributed by atoms with Crippen molar-refractivity contribution < 1.29 is 19.1 Å². The normalized spacial score (nSPS) is 14.1. The van der Waals surface area contributed by atoms with Gasteiger partial charge in [0.25, 0.3) is 11.8 Å². The average molecular weight is 433 g/mol. The molecule has 150 valence electrons. The van der Waals surface area contributed by atoms with E-state index in [2.05, 4.69) is 5.32 Å². The van der Waals surface area contributed by atoms with Crippen LogP contribution < -0.4 is 10.2 Å². The lowest BCUT2D eigenvalue weighted by Gasteiger charge is -2.17. The quantitative estimate of drug-likeness (QED) is 0.549. The van der Waals surface area contributed by atoms with E-state index in [1.54, 1.807) is 57.2 Å². The highest BCUT2D eigenvalue weighted by atomic mass is 35.5. The molecular weight excluding hydrogens is 415 g/mol. The van der Waals surface area contributed by atoms with E-state index in [4.69, 9.17) is 27.9 Å². The first-order valence-corrected chi connectivity index (χ1v) is 9.57. The summed E-state index contributed by atoms with van der Waals surface area (Å²) in [6, 6.07) is 11.2. The first-order valence-electron chi connectivity index (χ1n) is 8.82. The van der Waals surface area contributed by atoms with Crippen LogP contribution in [0.15, 0.2) is 53.2 Å². The number of carbonyl (C=O) groups is 3. The van der Waals surface area contributed by atoms with Crippen molar-refractivity contribution in [2.75, 3.05) is 10.2 Å². The zero-order chi connectivity index (χ0) is 21.3. The van der Waals surface area contributed by atoms with Gasteiger partial charge in [0.1, 0.15) is 10.7 Å². The molecule has 0 aromatic heterocycles. The summed E-state index contributed by atoms with van der Waals surface area (Å²) in [4.78, 5) is 38.4. The number of anilines is 2. The monoisotopic (exact) mass is 432 g/mol. The molecule has 29 heavy (non-hydrogen) atoms. The van der Waals surface area contributed by atoms with E-state index in [0.717, 1.165) is 4.90 Å². The lowest BCUT2D eigenvalue weighted by molar-refractivity contribution is -0.120. The van der Waals surface area contributed by atoms with Crippen LogP contribution >= 0.6 is 23.2 Å². The summed E-state index contributed by atoms with van der Waals surface area (Å²) in [7, 11) is 0. The summed E-state index contributed by atoms with van der Waals surface area (Å²) >= 11 is 12.2. The molecular formula is C21H18Cl2N2O4. The van der Waals surface area contributed by atoms with Crippen molar-refractivity contribution in [3.05, 3.63) is 69.3 Å². The van der Waals surface area contributed by atoms with E-state index in [-0.39, 0.29) is 16.8 Å². The van der Waals surface area contributed by atoms with Crippen molar-refractivity contribution in [2.24, 2.45) is 0 Å². The molecule has 3 rings (SSSR count). The van der Waals surface area contributed by atoms with Gasteiger partial charge in [-0.25, -0.2) is 9.69 Å². The van der Waals surface area contributed by atoms with Crippen LogP contribution in [0.3, 0.4) is 0 Å². The van der Waals surface area contributed by atoms with Gasteiger partial charge in [0.05, 0.1) is 17.4 Å². The fourth-order valence-electron chi connectivity index (χ4n) is 2.77. The highest BCUT2D eigenvalue weighted by Crippen LogP contribution is 2.33. The number of nitrogens with one attached hydrogen (secondary N) is 1. The van der Waals surface area contributed by atoms with Gasteiger partial charge >= 0.3 is 5.97 Å². The van der Waals surface area contributed by atoms with Crippen molar-refractivity contribution in [2.45, 2.75) is 26.9 Å². The Morgan fingerprint density at radius 2 is 1.69 bits per heavy atom. The molecule has 0 saturated carbocycles. The van der Waals surface area contributed by atoms with Gasteiger partial charge < -0.3 is 10.1 Å². The number of halogens is 2. The second-order valence-electron chi connectivity index (χ2n) is 6.72. The van der Waals surface area contributed by atoms with Crippen molar-refractivity contribution in [3.8, 4) is 0 Å². The number of hydrogen-bond acceptors (Lipinski definition) is 5. The van der Waals surface area contributed by atoms with E-state index in [9.17, 15) is 14.4 Å². The van der Waals surface area contributed by atoms with Gasteiger partial charge in [-0.3, -0.25) is 9.59 Å². The Kier molecular flexibility index (Phi) is 5.96. The molecule has 0 bridgehead atoms. The summed E-state index contributed by atoms with van der Waals surface area (Å²) in [5.41, 5.74) is 1.89. The molecule has 0 unspecified atom stereocenters. The third-order valence-electron chi connectivity index (χ3n) is 4.17. The van der Waals surface area contributed by atoms with E-state index < -0.39 is 17.8 Å². The lowest BCUT2D eigenvalue weighted by Crippen LogP contribution is -2.32. The topological polar surface area (TPSA) is 75.7 Å². The van der Waals surface area contributed by atoms with E-state index in [0.29, 0.717) is 27.5 Å². The summed E-state index contributed by atoms with van der Waals surface area (Å²) in [5, 5.41) is 3.03. The Bertz CT molecular complexity index is 1030. The molecule has 1 N–H and O–H groups in total. The Morgan fingerprint density at radius 3 is 2.31 bits per heavy atom. The molecule has 2 amide bonds. The van der Waals surface area contributed by atoms with Crippen molar-refractivity contribution in [1.29, 1.82) is 0 Å². The molecule has 0 saturated heterocycles. The maximum absolute atomic E-state index is 12.9. The van der Waals surface area contributed by atoms with Gasteiger partial charge in [-0.15, -0.1) is 0 Å².